The fraction of sp³-hybridized carbons (Fsp3) is 0.857. The second kappa shape index (κ2) is 6.11. The number of nitrogens with two attached hydrogens (primary N) is 1. The summed E-state index contributed by atoms with van der Waals surface area (Å²) in [5.41, 5.74) is 7.62. The maximum Gasteiger partial charge on any atom is 0.0829 e. The van der Waals surface area contributed by atoms with Gasteiger partial charge < -0.3 is 5.73 Å². The summed E-state index contributed by atoms with van der Waals surface area (Å²) in [5.74, 6) is 1.93. The molecule has 0 amide bonds. The van der Waals surface area contributed by atoms with Crippen LogP contribution in [0, 0.1) is 11.8 Å². The number of rotatable bonds is 4. The number of nitrogens with zero attached hydrogens (tertiary/aromatic N) is 2. The Labute approximate surface area is 114 Å². The first-order chi connectivity index (χ1) is 8.63. The zero-order valence-corrected chi connectivity index (χ0v) is 12.5. The molecule has 0 bridgehead atoms. The maximum atomic E-state index is 6.50. The summed E-state index contributed by atoms with van der Waals surface area (Å²) in [7, 11) is 0. The van der Waals surface area contributed by atoms with Crippen molar-refractivity contribution in [2.45, 2.75) is 64.8 Å². The first kappa shape index (κ1) is 13.9. The highest BCUT2D eigenvalue weighted by Crippen LogP contribution is 2.39. The lowest BCUT2D eigenvalue weighted by atomic mass is 9.76. The third kappa shape index (κ3) is 2.91. The lowest BCUT2D eigenvalue weighted by molar-refractivity contribution is 0.231. The van der Waals surface area contributed by atoms with Gasteiger partial charge in [0.2, 0.25) is 0 Å². The molecule has 3 atom stereocenters. The standard InChI is InChI=1S/C14H25N3S/c1-4-10-6-5-7-11(8-10)12(15)14-13(9(2)3)16-17-18-14/h9-12H,4-8,15H2,1-3H3. The molecule has 1 aromatic heterocycles. The summed E-state index contributed by atoms with van der Waals surface area (Å²) in [6.07, 6.45) is 6.57. The van der Waals surface area contributed by atoms with Crippen molar-refractivity contribution in [3.63, 3.8) is 0 Å². The summed E-state index contributed by atoms with van der Waals surface area (Å²) >= 11 is 1.50. The molecule has 2 rings (SSSR count). The van der Waals surface area contributed by atoms with Gasteiger partial charge in [-0.05, 0) is 42.1 Å². The van der Waals surface area contributed by atoms with E-state index in [2.05, 4.69) is 30.4 Å². The molecule has 18 heavy (non-hydrogen) atoms. The van der Waals surface area contributed by atoms with Crippen LogP contribution in [0.3, 0.4) is 0 Å². The largest absolute Gasteiger partial charge is 0.323 e. The summed E-state index contributed by atoms with van der Waals surface area (Å²) in [6, 6.07) is 0.150. The summed E-state index contributed by atoms with van der Waals surface area (Å²) < 4.78 is 4.11. The monoisotopic (exact) mass is 267 g/mol. The average molecular weight is 267 g/mol. The minimum absolute atomic E-state index is 0.150. The van der Waals surface area contributed by atoms with E-state index in [1.165, 1.54) is 48.5 Å². The van der Waals surface area contributed by atoms with Crippen LogP contribution in [-0.4, -0.2) is 9.59 Å². The van der Waals surface area contributed by atoms with Crippen molar-refractivity contribution in [3.8, 4) is 0 Å². The fourth-order valence-electron chi connectivity index (χ4n) is 3.08. The van der Waals surface area contributed by atoms with Crippen LogP contribution < -0.4 is 5.73 Å². The van der Waals surface area contributed by atoms with Gasteiger partial charge in [-0.3, -0.25) is 0 Å². The molecule has 4 heteroatoms. The van der Waals surface area contributed by atoms with E-state index < -0.39 is 0 Å². The molecule has 1 fully saturated rings. The second-order valence-corrected chi connectivity index (χ2v) is 6.69. The average Bonchev–Trinajstić information content (AvgIpc) is 2.87. The van der Waals surface area contributed by atoms with Crippen LogP contribution >= 0.6 is 11.5 Å². The van der Waals surface area contributed by atoms with Gasteiger partial charge in [0.25, 0.3) is 0 Å². The van der Waals surface area contributed by atoms with Crippen LogP contribution in [0.4, 0.5) is 0 Å². The fourth-order valence-corrected chi connectivity index (χ4v) is 3.98. The Morgan fingerprint density at radius 1 is 1.39 bits per heavy atom. The van der Waals surface area contributed by atoms with Gasteiger partial charge in [0.15, 0.2) is 0 Å². The van der Waals surface area contributed by atoms with E-state index in [0.29, 0.717) is 11.8 Å². The normalized spacial score (nSPS) is 26.5. The van der Waals surface area contributed by atoms with E-state index in [1.54, 1.807) is 0 Å². The quantitative estimate of drug-likeness (QED) is 0.900. The Hall–Kier alpha value is -0.480. The molecule has 3 unspecified atom stereocenters. The van der Waals surface area contributed by atoms with Crippen LogP contribution in [0.15, 0.2) is 0 Å². The van der Waals surface area contributed by atoms with Crippen molar-refractivity contribution >= 4 is 11.5 Å². The molecular formula is C14H25N3S. The molecule has 1 heterocycles. The minimum atomic E-state index is 0.150. The van der Waals surface area contributed by atoms with Gasteiger partial charge in [0, 0.05) is 6.04 Å². The minimum Gasteiger partial charge on any atom is -0.323 e. The lowest BCUT2D eigenvalue weighted by Crippen LogP contribution is -2.27. The predicted octanol–water partition coefficient (Wildman–Crippen LogP) is 3.88. The first-order valence-electron chi connectivity index (χ1n) is 7.21. The van der Waals surface area contributed by atoms with Gasteiger partial charge >= 0.3 is 0 Å². The van der Waals surface area contributed by atoms with Crippen molar-refractivity contribution in [3.05, 3.63) is 10.6 Å². The SMILES string of the molecule is CCC1CCCC(C(N)c2snnc2C(C)C)C1. The number of aromatic nitrogens is 2. The van der Waals surface area contributed by atoms with E-state index in [9.17, 15) is 0 Å². The molecule has 0 aromatic carbocycles. The summed E-state index contributed by atoms with van der Waals surface area (Å²) in [5, 5.41) is 4.26. The smallest absolute Gasteiger partial charge is 0.0829 e. The third-order valence-electron chi connectivity index (χ3n) is 4.30. The predicted molar refractivity (Wildman–Crippen MR) is 76.7 cm³/mol. The Morgan fingerprint density at radius 2 is 2.17 bits per heavy atom. The molecule has 1 aromatic rings. The Balaban J connectivity index is 2.10. The van der Waals surface area contributed by atoms with Gasteiger partial charge in [-0.1, -0.05) is 44.5 Å². The summed E-state index contributed by atoms with van der Waals surface area (Å²) in [4.78, 5) is 1.23. The van der Waals surface area contributed by atoms with Crippen LogP contribution in [0.25, 0.3) is 0 Å². The van der Waals surface area contributed by atoms with Crippen molar-refractivity contribution < 1.29 is 0 Å². The highest BCUT2D eigenvalue weighted by atomic mass is 32.1. The number of hydrogen-bond donors (Lipinski definition) is 1. The van der Waals surface area contributed by atoms with Crippen molar-refractivity contribution in [1.82, 2.24) is 9.59 Å². The van der Waals surface area contributed by atoms with Crippen molar-refractivity contribution in [2.75, 3.05) is 0 Å². The molecule has 102 valence electrons. The van der Waals surface area contributed by atoms with E-state index >= 15 is 0 Å². The van der Waals surface area contributed by atoms with Gasteiger partial charge in [-0.15, -0.1) is 5.10 Å². The summed E-state index contributed by atoms with van der Waals surface area (Å²) in [6.45, 7) is 6.64. The van der Waals surface area contributed by atoms with Gasteiger partial charge in [-0.2, -0.15) is 0 Å². The zero-order chi connectivity index (χ0) is 13.1. The van der Waals surface area contributed by atoms with Crippen LogP contribution in [0.5, 0.6) is 0 Å². The van der Waals surface area contributed by atoms with Gasteiger partial charge in [0.05, 0.1) is 10.6 Å². The van der Waals surface area contributed by atoms with E-state index in [-0.39, 0.29) is 6.04 Å². The number of hydrogen-bond acceptors (Lipinski definition) is 4. The van der Waals surface area contributed by atoms with Gasteiger partial charge in [-0.25, -0.2) is 0 Å². The molecule has 1 aliphatic carbocycles. The molecule has 0 spiro atoms. The lowest BCUT2D eigenvalue weighted by Gasteiger charge is -2.32. The first-order valence-corrected chi connectivity index (χ1v) is 7.98. The topological polar surface area (TPSA) is 51.8 Å². The second-order valence-electron chi connectivity index (χ2n) is 5.90. The Morgan fingerprint density at radius 3 is 2.83 bits per heavy atom. The van der Waals surface area contributed by atoms with Gasteiger partial charge in [0.1, 0.15) is 0 Å². The van der Waals surface area contributed by atoms with Crippen LogP contribution in [-0.2, 0) is 0 Å². The van der Waals surface area contributed by atoms with Crippen LogP contribution in [0.2, 0.25) is 0 Å². The molecule has 0 aliphatic heterocycles. The molecule has 1 saturated carbocycles. The molecule has 0 radical (unpaired) electrons. The molecule has 1 aliphatic rings. The highest BCUT2D eigenvalue weighted by molar-refractivity contribution is 7.05. The molecule has 3 nitrogen and oxygen atoms in total. The molecule has 2 N–H and O–H groups in total. The van der Waals surface area contributed by atoms with E-state index in [4.69, 9.17) is 5.73 Å². The van der Waals surface area contributed by atoms with Crippen molar-refractivity contribution in [2.24, 2.45) is 17.6 Å². The maximum absolute atomic E-state index is 6.50. The Kier molecular flexibility index (Phi) is 4.73. The van der Waals surface area contributed by atoms with Crippen molar-refractivity contribution in [1.29, 1.82) is 0 Å². The molecular weight excluding hydrogens is 242 g/mol. The zero-order valence-electron chi connectivity index (χ0n) is 11.7. The molecule has 0 saturated heterocycles. The highest BCUT2D eigenvalue weighted by Gasteiger charge is 2.29. The third-order valence-corrected chi connectivity index (χ3v) is 5.14. The van der Waals surface area contributed by atoms with E-state index in [0.717, 1.165) is 11.6 Å². The van der Waals surface area contributed by atoms with E-state index in [1.807, 2.05) is 0 Å². The van der Waals surface area contributed by atoms with Crippen LogP contribution in [0.1, 0.15) is 75.4 Å². The Bertz CT molecular complexity index is 375.